The Morgan fingerprint density at radius 3 is 2.88 bits per heavy atom. The minimum Gasteiger partial charge on any atom is -0.356 e. The van der Waals surface area contributed by atoms with Crippen LogP contribution in [-0.2, 0) is 11.3 Å². The third-order valence-electron chi connectivity index (χ3n) is 2.69. The Labute approximate surface area is 103 Å². The van der Waals surface area contributed by atoms with Crippen molar-refractivity contribution in [2.45, 2.75) is 52.5 Å². The highest BCUT2D eigenvalue weighted by atomic mass is 16.1. The maximum absolute atomic E-state index is 11.5. The van der Waals surface area contributed by atoms with Crippen LogP contribution in [0.25, 0.3) is 0 Å². The van der Waals surface area contributed by atoms with Crippen LogP contribution in [0.15, 0.2) is 12.3 Å². The summed E-state index contributed by atoms with van der Waals surface area (Å²) in [6.45, 7) is 5.60. The number of aryl methyl sites for hydroxylation is 2. The number of rotatable bonds is 8. The molecule has 0 saturated heterocycles. The molecule has 0 aromatic carbocycles. The summed E-state index contributed by atoms with van der Waals surface area (Å²) in [5, 5.41) is 7.18. The van der Waals surface area contributed by atoms with Crippen molar-refractivity contribution < 1.29 is 4.79 Å². The Hall–Kier alpha value is -1.32. The first-order chi connectivity index (χ1) is 8.22. The van der Waals surface area contributed by atoms with Crippen LogP contribution in [0.4, 0.5) is 0 Å². The molecule has 0 fully saturated rings. The Morgan fingerprint density at radius 1 is 1.41 bits per heavy atom. The van der Waals surface area contributed by atoms with Crippen LogP contribution in [0.2, 0.25) is 0 Å². The van der Waals surface area contributed by atoms with Gasteiger partial charge >= 0.3 is 0 Å². The van der Waals surface area contributed by atoms with Crippen molar-refractivity contribution in [1.29, 1.82) is 0 Å². The topological polar surface area (TPSA) is 46.9 Å². The second kappa shape index (κ2) is 7.87. The van der Waals surface area contributed by atoms with Gasteiger partial charge in [-0.15, -0.1) is 0 Å². The van der Waals surface area contributed by atoms with E-state index in [1.54, 1.807) is 0 Å². The van der Waals surface area contributed by atoms with Gasteiger partial charge in [-0.05, 0) is 19.4 Å². The number of unbranched alkanes of at least 4 members (excludes halogenated alkanes) is 3. The van der Waals surface area contributed by atoms with Gasteiger partial charge in [0.2, 0.25) is 5.91 Å². The maximum Gasteiger partial charge on any atom is 0.221 e. The highest BCUT2D eigenvalue weighted by molar-refractivity contribution is 5.75. The normalized spacial score (nSPS) is 10.5. The van der Waals surface area contributed by atoms with Crippen LogP contribution in [0.3, 0.4) is 0 Å². The van der Waals surface area contributed by atoms with E-state index in [9.17, 15) is 4.79 Å². The number of amides is 1. The van der Waals surface area contributed by atoms with Crippen LogP contribution in [0.1, 0.15) is 44.7 Å². The molecule has 1 N–H and O–H groups in total. The van der Waals surface area contributed by atoms with Crippen molar-refractivity contribution >= 4 is 5.91 Å². The predicted octanol–water partition coefficient (Wildman–Crippen LogP) is 2.28. The van der Waals surface area contributed by atoms with Gasteiger partial charge in [-0.1, -0.05) is 26.2 Å². The van der Waals surface area contributed by atoms with Crippen LogP contribution in [0, 0.1) is 6.92 Å². The van der Waals surface area contributed by atoms with Crippen LogP contribution in [0.5, 0.6) is 0 Å². The van der Waals surface area contributed by atoms with Gasteiger partial charge in [0.25, 0.3) is 0 Å². The molecule has 0 aliphatic rings. The van der Waals surface area contributed by atoms with Gasteiger partial charge in [0.15, 0.2) is 0 Å². The molecule has 0 aliphatic carbocycles. The lowest BCUT2D eigenvalue weighted by Gasteiger charge is -2.05. The molecular weight excluding hydrogens is 214 g/mol. The van der Waals surface area contributed by atoms with E-state index in [0.717, 1.165) is 18.7 Å². The molecule has 0 aliphatic heterocycles. The lowest BCUT2D eigenvalue weighted by Crippen LogP contribution is -2.25. The zero-order valence-corrected chi connectivity index (χ0v) is 10.9. The maximum atomic E-state index is 11.5. The fourth-order valence-corrected chi connectivity index (χ4v) is 1.67. The summed E-state index contributed by atoms with van der Waals surface area (Å²) in [6.07, 6.45) is 7.18. The van der Waals surface area contributed by atoms with E-state index in [2.05, 4.69) is 17.3 Å². The molecule has 0 atom stereocenters. The second-order valence-corrected chi connectivity index (χ2v) is 4.38. The fraction of sp³-hybridized carbons (Fsp3) is 0.692. The molecule has 17 heavy (non-hydrogen) atoms. The summed E-state index contributed by atoms with van der Waals surface area (Å²) in [7, 11) is 0. The van der Waals surface area contributed by atoms with Crippen LogP contribution < -0.4 is 5.32 Å². The molecule has 96 valence electrons. The zero-order valence-electron chi connectivity index (χ0n) is 10.9. The molecule has 1 amide bonds. The number of nitrogens with one attached hydrogen (secondary N) is 1. The van der Waals surface area contributed by atoms with E-state index in [0.29, 0.717) is 13.0 Å². The van der Waals surface area contributed by atoms with E-state index >= 15 is 0 Å². The van der Waals surface area contributed by atoms with Crippen LogP contribution in [-0.4, -0.2) is 22.2 Å². The molecule has 0 radical (unpaired) electrons. The summed E-state index contributed by atoms with van der Waals surface area (Å²) >= 11 is 0. The van der Waals surface area contributed by atoms with Crippen molar-refractivity contribution in [3.63, 3.8) is 0 Å². The van der Waals surface area contributed by atoms with Crippen molar-refractivity contribution in [2.75, 3.05) is 6.54 Å². The molecule has 1 rings (SSSR count). The van der Waals surface area contributed by atoms with Crippen molar-refractivity contribution in [3.05, 3.63) is 18.0 Å². The Morgan fingerprint density at radius 2 is 2.24 bits per heavy atom. The Kier molecular flexibility index (Phi) is 6.37. The highest BCUT2D eigenvalue weighted by Gasteiger charge is 2.01. The number of carbonyl (C=O) groups is 1. The van der Waals surface area contributed by atoms with E-state index in [1.807, 2.05) is 23.9 Å². The quantitative estimate of drug-likeness (QED) is 0.705. The predicted molar refractivity (Wildman–Crippen MR) is 68.7 cm³/mol. The molecule has 1 heterocycles. The number of hydrogen-bond acceptors (Lipinski definition) is 2. The minimum absolute atomic E-state index is 0.120. The monoisotopic (exact) mass is 237 g/mol. The summed E-state index contributed by atoms with van der Waals surface area (Å²) in [6, 6.07) is 1.95. The van der Waals surface area contributed by atoms with Gasteiger partial charge < -0.3 is 5.32 Å². The van der Waals surface area contributed by atoms with Crippen LogP contribution >= 0.6 is 0 Å². The second-order valence-electron chi connectivity index (χ2n) is 4.38. The minimum atomic E-state index is 0.120. The number of carbonyl (C=O) groups excluding carboxylic acids is 1. The summed E-state index contributed by atoms with van der Waals surface area (Å²) < 4.78 is 1.81. The molecule has 1 aromatic rings. The summed E-state index contributed by atoms with van der Waals surface area (Å²) in [5.41, 5.74) is 0.991. The molecule has 1 aromatic heterocycles. The fourth-order valence-electron chi connectivity index (χ4n) is 1.67. The smallest absolute Gasteiger partial charge is 0.221 e. The van der Waals surface area contributed by atoms with Gasteiger partial charge in [0, 0.05) is 25.7 Å². The molecule has 0 spiro atoms. The van der Waals surface area contributed by atoms with E-state index in [1.165, 1.54) is 19.3 Å². The van der Waals surface area contributed by atoms with E-state index in [4.69, 9.17) is 0 Å². The standard InChI is InChI=1S/C13H23N3O/c1-3-4-5-6-9-14-13(17)8-11-16-10-7-12(2)15-16/h7,10H,3-6,8-9,11H2,1-2H3,(H,14,17). The average molecular weight is 237 g/mol. The average Bonchev–Trinajstić information content (AvgIpc) is 2.72. The van der Waals surface area contributed by atoms with E-state index < -0.39 is 0 Å². The lowest BCUT2D eigenvalue weighted by atomic mass is 10.2. The largest absolute Gasteiger partial charge is 0.356 e. The molecule has 0 bridgehead atoms. The number of aromatic nitrogens is 2. The van der Waals surface area contributed by atoms with E-state index in [-0.39, 0.29) is 5.91 Å². The Bertz CT molecular complexity index is 333. The molecule has 0 unspecified atom stereocenters. The SMILES string of the molecule is CCCCCCNC(=O)CCn1ccc(C)n1. The summed E-state index contributed by atoms with van der Waals surface area (Å²) in [5.74, 6) is 0.120. The van der Waals surface area contributed by atoms with Gasteiger partial charge in [0.05, 0.1) is 5.69 Å². The van der Waals surface area contributed by atoms with Crippen molar-refractivity contribution in [3.8, 4) is 0 Å². The lowest BCUT2D eigenvalue weighted by molar-refractivity contribution is -0.121. The van der Waals surface area contributed by atoms with Gasteiger partial charge in [0.1, 0.15) is 0 Å². The highest BCUT2D eigenvalue weighted by Crippen LogP contribution is 1.98. The third kappa shape index (κ3) is 6.09. The van der Waals surface area contributed by atoms with Gasteiger partial charge in [-0.3, -0.25) is 9.48 Å². The van der Waals surface area contributed by atoms with Crippen molar-refractivity contribution in [2.24, 2.45) is 0 Å². The molecule has 4 nitrogen and oxygen atoms in total. The van der Waals surface area contributed by atoms with Crippen molar-refractivity contribution in [1.82, 2.24) is 15.1 Å². The van der Waals surface area contributed by atoms with Gasteiger partial charge in [-0.25, -0.2) is 0 Å². The zero-order chi connectivity index (χ0) is 12.5. The molecule has 0 saturated carbocycles. The third-order valence-corrected chi connectivity index (χ3v) is 2.69. The first-order valence-corrected chi connectivity index (χ1v) is 6.49. The first kappa shape index (κ1) is 13.7. The molecular formula is C13H23N3O. The number of hydrogen-bond donors (Lipinski definition) is 1. The Balaban J connectivity index is 2.05. The summed E-state index contributed by atoms with van der Waals surface area (Å²) in [4.78, 5) is 11.5. The van der Waals surface area contributed by atoms with Gasteiger partial charge in [-0.2, -0.15) is 5.10 Å². The molecule has 4 heteroatoms. The first-order valence-electron chi connectivity index (χ1n) is 6.49. The number of nitrogens with zero attached hydrogens (tertiary/aromatic N) is 2.